The molecule has 0 saturated heterocycles. The number of carbonyl (C=O) groups is 1. The van der Waals surface area contributed by atoms with E-state index in [-0.39, 0.29) is 24.1 Å². The highest BCUT2D eigenvalue weighted by Gasteiger charge is 2.27. The molecule has 6 heteroatoms. The zero-order valence-corrected chi connectivity index (χ0v) is 23.7. The minimum atomic E-state index is -1.21. The van der Waals surface area contributed by atoms with E-state index in [4.69, 9.17) is 9.47 Å². The predicted octanol–water partition coefficient (Wildman–Crippen LogP) is 6.70. The van der Waals surface area contributed by atoms with E-state index < -0.39 is 16.1 Å². The van der Waals surface area contributed by atoms with Gasteiger partial charge in [-0.05, 0) is 51.4 Å². The Morgan fingerprint density at radius 2 is 1.39 bits per heavy atom. The summed E-state index contributed by atoms with van der Waals surface area (Å²) in [7, 11) is -2.36. The van der Waals surface area contributed by atoms with Crippen LogP contribution >= 0.6 is 0 Å². The van der Waals surface area contributed by atoms with E-state index in [1.165, 1.54) is 0 Å². The number of carbonyl (C=O) groups excluding carboxylic acids is 1. The van der Waals surface area contributed by atoms with Crippen molar-refractivity contribution in [2.75, 3.05) is 19.8 Å². The number of ether oxygens (including phenoxy) is 2. The lowest BCUT2D eigenvalue weighted by atomic mass is 10.00. The Kier molecular flexibility index (Phi) is 11.2. The van der Waals surface area contributed by atoms with Gasteiger partial charge in [0.15, 0.2) is 0 Å². The largest absolute Gasteiger partial charge is 0.379 e. The maximum absolute atomic E-state index is 13.5. The lowest BCUT2D eigenvalue weighted by Gasteiger charge is -2.32. The van der Waals surface area contributed by atoms with Gasteiger partial charge in [0.25, 0.3) is 5.91 Å². The van der Waals surface area contributed by atoms with Crippen molar-refractivity contribution in [3.8, 4) is 0 Å². The molecule has 1 aromatic carbocycles. The number of hydrogen-bond donors (Lipinski definition) is 0. The zero-order chi connectivity index (χ0) is 23.8. The Morgan fingerprint density at radius 1 is 0.871 bits per heavy atom. The first-order valence-electron chi connectivity index (χ1n) is 11.8. The molecule has 0 heterocycles. The van der Waals surface area contributed by atoms with Crippen LogP contribution in [0, 0.1) is 0 Å². The third kappa shape index (κ3) is 10.5. The topological polar surface area (TPSA) is 38.8 Å². The molecule has 1 atom stereocenters. The minimum absolute atomic E-state index is 0.0708. The summed E-state index contributed by atoms with van der Waals surface area (Å²) in [6.07, 6.45) is -0.223. The van der Waals surface area contributed by atoms with Gasteiger partial charge in [0, 0.05) is 47.0 Å². The van der Waals surface area contributed by atoms with Gasteiger partial charge in [0.05, 0.1) is 6.61 Å². The Balaban J connectivity index is 3.11. The molecule has 1 unspecified atom stereocenters. The summed E-state index contributed by atoms with van der Waals surface area (Å²) < 4.78 is 12.5. The van der Waals surface area contributed by atoms with Crippen LogP contribution in [0.5, 0.6) is 0 Å². The van der Waals surface area contributed by atoms with Crippen molar-refractivity contribution in [1.82, 2.24) is 4.90 Å². The van der Waals surface area contributed by atoms with Crippen LogP contribution in [0.2, 0.25) is 51.4 Å². The molecule has 1 aromatic rings. The molecule has 1 amide bonds. The molecule has 0 saturated carbocycles. The summed E-state index contributed by atoms with van der Waals surface area (Å²) >= 11 is 0. The summed E-state index contributed by atoms with van der Waals surface area (Å²) in [6.45, 7) is 24.4. The minimum Gasteiger partial charge on any atom is -0.379 e. The van der Waals surface area contributed by atoms with E-state index in [9.17, 15) is 4.79 Å². The predicted molar refractivity (Wildman–Crippen MR) is 139 cm³/mol. The highest BCUT2D eigenvalue weighted by Crippen LogP contribution is 2.26. The van der Waals surface area contributed by atoms with Crippen molar-refractivity contribution in [2.45, 2.75) is 97.3 Å². The summed E-state index contributed by atoms with van der Waals surface area (Å²) in [6, 6.07) is 10.4. The van der Waals surface area contributed by atoms with Crippen LogP contribution < -0.4 is 0 Å². The number of amides is 1. The number of hydrogen-bond acceptors (Lipinski definition) is 3. The molecule has 0 aliphatic carbocycles. The van der Waals surface area contributed by atoms with Gasteiger partial charge in [-0.3, -0.25) is 4.79 Å². The van der Waals surface area contributed by atoms with Crippen molar-refractivity contribution >= 4 is 22.1 Å². The van der Waals surface area contributed by atoms with Gasteiger partial charge in [0.1, 0.15) is 6.10 Å². The number of nitrogens with zero attached hydrogens (tertiary/aromatic N) is 1. The van der Waals surface area contributed by atoms with Crippen LogP contribution in [0.15, 0.2) is 24.3 Å². The van der Waals surface area contributed by atoms with Gasteiger partial charge in [-0.2, -0.15) is 0 Å². The molecule has 0 spiro atoms. The molecule has 4 nitrogen and oxygen atoms in total. The number of rotatable bonds is 13. The standard InChI is InChI=1S/C25H47NO3Si2/c1-20(2)26(21(3)4)25(27)23-14-12-11-13-22(23)24(29-16-18-31(8,9)10)19-28-15-17-30(5,6)7/h11-14,20-21,24H,15-19H2,1-10H3. The van der Waals surface area contributed by atoms with E-state index >= 15 is 0 Å². The second-order valence-corrected chi connectivity index (χ2v) is 22.8. The summed E-state index contributed by atoms with van der Waals surface area (Å²) in [5, 5.41) is 0. The first-order chi connectivity index (χ1) is 14.2. The van der Waals surface area contributed by atoms with E-state index in [0.29, 0.717) is 13.2 Å². The second kappa shape index (κ2) is 12.3. The van der Waals surface area contributed by atoms with Gasteiger partial charge in [-0.15, -0.1) is 0 Å². The average molecular weight is 466 g/mol. The van der Waals surface area contributed by atoms with Crippen molar-refractivity contribution in [2.24, 2.45) is 0 Å². The Bertz CT molecular complexity index is 670. The molecule has 0 fully saturated rings. The number of benzene rings is 1. The van der Waals surface area contributed by atoms with Gasteiger partial charge >= 0.3 is 0 Å². The Hall–Kier alpha value is -0.956. The van der Waals surface area contributed by atoms with Crippen LogP contribution in [0.1, 0.15) is 49.7 Å². The molecule has 1 rings (SSSR count). The smallest absolute Gasteiger partial charge is 0.254 e. The fraction of sp³-hybridized carbons (Fsp3) is 0.720. The van der Waals surface area contributed by atoms with Crippen LogP contribution in [-0.2, 0) is 9.47 Å². The second-order valence-electron chi connectivity index (χ2n) is 11.5. The van der Waals surface area contributed by atoms with Gasteiger partial charge in [-0.25, -0.2) is 0 Å². The molecule has 0 bridgehead atoms. The molecule has 0 aliphatic heterocycles. The molecule has 31 heavy (non-hydrogen) atoms. The fourth-order valence-electron chi connectivity index (χ4n) is 3.48. The van der Waals surface area contributed by atoms with Gasteiger partial charge in [-0.1, -0.05) is 57.5 Å². The Morgan fingerprint density at radius 3 is 1.90 bits per heavy atom. The molecular formula is C25H47NO3Si2. The highest BCUT2D eigenvalue weighted by molar-refractivity contribution is 6.76. The van der Waals surface area contributed by atoms with Crippen molar-refractivity contribution in [3.63, 3.8) is 0 Å². The molecular weight excluding hydrogens is 418 g/mol. The van der Waals surface area contributed by atoms with Crippen LogP contribution in [-0.4, -0.2) is 58.9 Å². The normalized spacial score (nSPS) is 13.7. The lowest BCUT2D eigenvalue weighted by molar-refractivity contribution is -0.0108. The average Bonchev–Trinajstić information content (AvgIpc) is 2.61. The molecule has 0 radical (unpaired) electrons. The monoisotopic (exact) mass is 465 g/mol. The van der Waals surface area contributed by atoms with E-state index in [1.54, 1.807) is 0 Å². The van der Waals surface area contributed by atoms with Crippen LogP contribution in [0.4, 0.5) is 0 Å². The lowest BCUT2D eigenvalue weighted by Crippen LogP contribution is -2.42. The SMILES string of the molecule is CC(C)N(C(=O)c1ccccc1C(COCC[Si](C)(C)C)OCC[Si](C)(C)C)C(C)C. The Labute approximate surface area is 193 Å². The van der Waals surface area contributed by atoms with Crippen LogP contribution in [0.3, 0.4) is 0 Å². The summed E-state index contributed by atoms with van der Waals surface area (Å²) in [5.74, 6) is 0.0708. The van der Waals surface area contributed by atoms with Crippen molar-refractivity contribution in [3.05, 3.63) is 35.4 Å². The van der Waals surface area contributed by atoms with Crippen molar-refractivity contribution < 1.29 is 14.3 Å². The van der Waals surface area contributed by atoms with Crippen LogP contribution in [0.25, 0.3) is 0 Å². The maximum Gasteiger partial charge on any atom is 0.254 e. The summed E-state index contributed by atoms with van der Waals surface area (Å²) in [5.41, 5.74) is 1.68. The zero-order valence-electron chi connectivity index (χ0n) is 21.7. The molecule has 178 valence electrons. The third-order valence-electron chi connectivity index (χ3n) is 5.32. The quantitative estimate of drug-likeness (QED) is 0.240. The molecule has 0 aliphatic rings. The first-order valence-corrected chi connectivity index (χ1v) is 19.3. The molecule has 0 N–H and O–H groups in total. The van der Waals surface area contributed by atoms with E-state index in [0.717, 1.165) is 29.8 Å². The highest BCUT2D eigenvalue weighted by atomic mass is 28.3. The van der Waals surface area contributed by atoms with E-state index in [1.807, 2.05) is 29.2 Å². The first kappa shape index (κ1) is 28.1. The van der Waals surface area contributed by atoms with Crippen molar-refractivity contribution in [1.29, 1.82) is 0 Å². The fourth-order valence-corrected chi connectivity index (χ4v) is 4.97. The summed E-state index contributed by atoms with van der Waals surface area (Å²) in [4.78, 5) is 15.4. The van der Waals surface area contributed by atoms with Gasteiger partial charge < -0.3 is 14.4 Å². The molecule has 0 aromatic heterocycles. The van der Waals surface area contributed by atoms with Gasteiger partial charge in [0.2, 0.25) is 0 Å². The van der Waals surface area contributed by atoms with E-state index in [2.05, 4.69) is 67.0 Å². The third-order valence-corrected chi connectivity index (χ3v) is 8.73. The maximum atomic E-state index is 13.5.